The smallest absolute Gasteiger partial charge is 0.161 e. The van der Waals surface area contributed by atoms with Crippen LogP contribution in [0.25, 0.3) is 0 Å². The molecular formula is C12H22OPS2+. The Kier molecular flexibility index (Phi) is 5.44. The van der Waals surface area contributed by atoms with Gasteiger partial charge in [0.05, 0.1) is 0 Å². The fraction of sp³-hybridized carbons (Fsp3) is 0.833. The van der Waals surface area contributed by atoms with Crippen LogP contribution in [0.1, 0.15) is 33.1 Å². The molecule has 0 spiro atoms. The Morgan fingerprint density at radius 3 is 2.69 bits per heavy atom. The molecule has 0 aromatic heterocycles. The number of hydrogen-bond acceptors (Lipinski definition) is 3. The van der Waals surface area contributed by atoms with Gasteiger partial charge in [-0.3, -0.25) is 0 Å². The van der Waals surface area contributed by atoms with E-state index in [1.54, 1.807) is 0 Å². The summed E-state index contributed by atoms with van der Waals surface area (Å²) in [6.07, 6.45) is 5.67. The topological polar surface area (TPSA) is 9.23 Å². The summed E-state index contributed by atoms with van der Waals surface area (Å²) in [5.74, 6) is 0.669. The molecule has 1 aliphatic rings. The normalized spacial score (nSPS) is 35.9. The van der Waals surface area contributed by atoms with Crippen LogP contribution in [-0.2, 0) is 16.3 Å². The second-order valence-electron chi connectivity index (χ2n) is 4.89. The quantitative estimate of drug-likeness (QED) is 0.558. The van der Waals surface area contributed by atoms with Gasteiger partial charge in [0.2, 0.25) is 0 Å². The van der Waals surface area contributed by atoms with Crippen LogP contribution in [0.5, 0.6) is 0 Å². The first-order valence-electron chi connectivity index (χ1n) is 5.67. The number of rotatable bonds is 4. The summed E-state index contributed by atoms with van der Waals surface area (Å²) in [6, 6.07) is 0. The molecule has 92 valence electrons. The van der Waals surface area contributed by atoms with E-state index in [4.69, 9.17) is 16.3 Å². The molecule has 0 bridgehead atoms. The van der Waals surface area contributed by atoms with E-state index in [0.29, 0.717) is 11.2 Å². The van der Waals surface area contributed by atoms with Crippen LogP contribution in [0.15, 0.2) is 12.2 Å². The van der Waals surface area contributed by atoms with Crippen molar-refractivity contribution in [3.8, 4) is 0 Å². The number of hydrogen-bond donors (Lipinski definition) is 0. The second-order valence-corrected chi connectivity index (χ2v) is 8.53. The highest BCUT2D eigenvalue weighted by molar-refractivity contribution is 8.02. The summed E-state index contributed by atoms with van der Waals surface area (Å²) >= 11 is 7.14. The first-order chi connectivity index (χ1) is 7.39. The molecule has 1 saturated carbocycles. The van der Waals surface area contributed by atoms with Crippen molar-refractivity contribution in [2.24, 2.45) is 5.92 Å². The third-order valence-corrected chi connectivity index (χ3v) is 5.65. The molecule has 1 nitrogen and oxygen atoms in total. The highest BCUT2D eigenvalue weighted by Crippen LogP contribution is 2.46. The third kappa shape index (κ3) is 3.53. The van der Waals surface area contributed by atoms with Gasteiger partial charge in [-0.1, -0.05) is 12.2 Å². The van der Waals surface area contributed by atoms with E-state index >= 15 is 0 Å². The maximum Gasteiger partial charge on any atom is 0.334 e. The number of thioether (sulfide) groups is 1. The third-order valence-electron chi connectivity index (χ3n) is 3.49. The zero-order valence-electron chi connectivity index (χ0n) is 10.7. The second kappa shape index (κ2) is 5.95. The Morgan fingerprint density at radius 2 is 2.25 bits per heavy atom. The molecule has 16 heavy (non-hydrogen) atoms. The van der Waals surface area contributed by atoms with Crippen LogP contribution in [0.3, 0.4) is 0 Å². The summed E-state index contributed by atoms with van der Waals surface area (Å²) in [6.45, 7) is 9.79. The highest BCUT2D eigenvalue weighted by Gasteiger charge is 2.44. The van der Waals surface area contributed by atoms with E-state index in [1.165, 1.54) is 18.4 Å². The molecule has 0 aliphatic heterocycles. The Morgan fingerprint density at radius 1 is 1.62 bits per heavy atom. The molecule has 1 unspecified atom stereocenters. The summed E-state index contributed by atoms with van der Waals surface area (Å²) in [4.78, 5) is 0. The Bertz CT molecular complexity index is 293. The monoisotopic (exact) mass is 277 g/mol. The first-order valence-corrected chi connectivity index (χ1v) is 9.68. The molecule has 0 radical (unpaired) electrons. The van der Waals surface area contributed by atoms with Gasteiger partial charge in [-0.05, 0) is 45.3 Å². The minimum absolute atomic E-state index is 0.0203. The zero-order chi connectivity index (χ0) is 12.3. The van der Waals surface area contributed by atoms with Crippen molar-refractivity contribution in [2.75, 3.05) is 12.9 Å². The SMILES string of the molecule is C=C(C)[C@@H]1CC[C@](C)(O[P+](C)=S)[C@@H](SC)C1. The van der Waals surface area contributed by atoms with Crippen LogP contribution in [0.4, 0.5) is 0 Å². The van der Waals surface area contributed by atoms with Gasteiger partial charge in [-0.15, -0.1) is 0 Å². The van der Waals surface area contributed by atoms with Gasteiger partial charge in [0.15, 0.2) is 11.8 Å². The van der Waals surface area contributed by atoms with Gasteiger partial charge in [-0.2, -0.15) is 16.3 Å². The Balaban J connectivity index is 2.74. The van der Waals surface area contributed by atoms with Gasteiger partial charge in [-0.25, -0.2) is 0 Å². The van der Waals surface area contributed by atoms with E-state index < -0.39 is 6.92 Å². The van der Waals surface area contributed by atoms with Crippen molar-refractivity contribution >= 4 is 30.5 Å². The standard InChI is InChI=1S/C12H22OPS2/c1-9(2)10-6-7-12(3,13-14(4)15)11(8-10)16-5/h10-11H,1,6-8H2,2-5H3/q+1/t10-,11+,12+/m1/s1. The van der Waals surface area contributed by atoms with Crippen molar-refractivity contribution in [1.82, 2.24) is 0 Å². The van der Waals surface area contributed by atoms with E-state index in [0.717, 1.165) is 6.42 Å². The average Bonchev–Trinajstić information content (AvgIpc) is 2.16. The molecule has 0 N–H and O–H groups in total. The van der Waals surface area contributed by atoms with Crippen molar-refractivity contribution in [3.63, 3.8) is 0 Å². The van der Waals surface area contributed by atoms with Crippen LogP contribution in [0.2, 0.25) is 0 Å². The van der Waals surface area contributed by atoms with Crippen molar-refractivity contribution in [1.29, 1.82) is 0 Å². The molecule has 1 fully saturated rings. The summed E-state index contributed by atoms with van der Waals surface area (Å²) in [5.41, 5.74) is 1.30. The lowest BCUT2D eigenvalue weighted by atomic mass is 9.77. The summed E-state index contributed by atoms with van der Waals surface area (Å²) < 4.78 is 6.04. The predicted octanol–water partition coefficient (Wildman–Crippen LogP) is 4.36. The van der Waals surface area contributed by atoms with E-state index in [1.807, 2.05) is 18.4 Å². The summed E-state index contributed by atoms with van der Waals surface area (Å²) in [5, 5.41) is 0.552. The zero-order valence-corrected chi connectivity index (χ0v) is 13.2. The van der Waals surface area contributed by atoms with Gasteiger partial charge >= 0.3 is 6.92 Å². The van der Waals surface area contributed by atoms with Crippen molar-refractivity contribution < 1.29 is 4.52 Å². The van der Waals surface area contributed by atoms with E-state index in [9.17, 15) is 0 Å². The number of allylic oxidation sites excluding steroid dienone is 1. The lowest BCUT2D eigenvalue weighted by Gasteiger charge is -2.40. The minimum Gasteiger partial charge on any atom is -0.161 e. The van der Waals surface area contributed by atoms with Gasteiger partial charge in [0, 0.05) is 5.25 Å². The van der Waals surface area contributed by atoms with Gasteiger partial charge < -0.3 is 0 Å². The van der Waals surface area contributed by atoms with E-state index in [2.05, 4.69) is 26.7 Å². The molecule has 4 atom stereocenters. The van der Waals surface area contributed by atoms with Crippen molar-refractivity contribution in [2.45, 2.75) is 44.0 Å². The maximum absolute atomic E-state index is 6.04. The minimum atomic E-state index is -0.686. The maximum atomic E-state index is 6.04. The molecule has 0 aromatic carbocycles. The fourth-order valence-electron chi connectivity index (χ4n) is 2.44. The molecular weight excluding hydrogens is 255 g/mol. The first kappa shape index (κ1) is 14.6. The predicted molar refractivity (Wildman–Crippen MR) is 79.2 cm³/mol. The van der Waals surface area contributed by atoms with Gasteiger partial charge in [0.1, 0.15) is 12.3 Å². The van der Waals surface area contributed by atoms with Crippen LogP contribution >= 0.6 is 18.7 Å². The lowest BCUT2D eigenvalue weighted by Crippen LogP contribution is -2.43. The highest BCUT2D eigenvalue weighted by atomic mass is 32.4. The lowest BCUT2D eigenvalue weighted by molar-refractivity contribution is 0.0614. The molecule has 0 amide bonds. The molecule has 1 aliphatic carbocycles. The molecule has 0 heterocycles. The van der Waals surface area contributed by atoms with Gasteiger partial charge in [0.25, 0.3) is 0 Å². The van der Waals surface area contributed by atoms with Crippen molar-refractivity contribution in [3.05, 3.63) is 12.2 Å². The fourth-order valence-corrected chi connectivity index (χ4v) is 4.92. The van der Waals surface area contributed by atoms with Crippen LogP contribution < -0.4 is 0 Å². The summed E-state index contributed by atoms with van der Waals surface area (Å²) in [7, 11) is 0. The molecule has 4 heteroatoms. The van der Waals surface area contributed by atoms with Crippen LogP contribution in [-0.4, -0.2) is 23.8 Å². The molecule has 0 saturated heterocycles. The van der Waals surface area contributed by atoms with Crippen LogP contribution in [0, 0.1) is 5.92 Å². The van der Waals surface area contributed by atoms with E-state index in [-0.39, 0.29) is 5.60 Å². The Labute approximate surface area is 110 Å². The average molecular weight is 277 g/mol. The largest absolute Gasteiger partial charge is 0.334 e. The molecule has 0 aromatic rings. The Hall–Kier alpha value is 0.570. The molecule has 1 rings (SSSR count).